The van der Waals surface area contributed by atoms with Crippen molar-refractivity contribution in [2.45, 2.75) is 13.3 Å². The van der Waals surface area contributed by atoms with Gasteiger partial charge < -0.3 is 15.1 Å². The molecule has 1 saturated heterocycles. The Hall–Kier alpha value is -1.39. The smallest absolute Gasteiger partial charge is 0.251 e. The topological polar surface area (TPSA) is 35.6 Å². The summed E-state index contributed by atoms with van der Waals surface area (Å²) < 4.78 is 0. The molecular formula is C16H25N3O. The van der Waals surface area contributed by atoms with Crippen molar-refractivity contribution >= 4 is 5.91 Å². The summed E-state index contributed by atoms with van der Waals surface area (Å²) in [4.78, 5) is 16.8. The third-order valence-electron chi connectivity index (χ3n) is 3.88. The molecule has 4 nitrogen and oxygen atoms in total. The van der Waals surface area contributed by atoms with Crippen LogP contribution in [0.5, 0.6) is 0 Å². The van der Waals surface area contributed by atoms with Crippen molar-refractivity contribution < 1.29 is 4.79 Å². The third-order valence-corrected chi connectivity index (χ3v) is 3.88. The van der Waals surface area contributed by atoms with Crippen LogP contribution in [0.1, 0.15) is 23.7 Å². The molecule has 0 atom stereocenters. The Kier molecular flexibility index (Phi) is 6.02. The SMILES string of the molecule is CCN1CCN(CCCNC(=O)c2ccccc2)CC1. The largest absolute Gasteiger partial charge is 0.352 e. The molecule has 0 radical (unpaired) electrons. The first kappa shape index (κ1) is 15.0. The van der Waals surface area contributed by atoms with Crippen LogP contribution >= 0.6 is 0 Å². The second-order valence-electron chi connectivity index (χ2n) is 5.25. The van der Waals surface area contributed by atoms with Crippen LogP contribution in [-0.2, 0) is 0 Å². The van der Waals surface area contributed by atoms with E-state index in [1.165, 1.54) is 13.1 Å². The lowest BCUT2D eigenvalue weighted by atomic mass is 10.2. The van der Waals surface area contributed by atoms with E-state index in [0.29, 0.717) is 0 Å². The second kappa shape index (κ2) is 8.02. The third kappa shape index (κ3) is 4.62. The number of carbonyl (C=O) groups excluding carboxylic acids is 1. The number of hydrogen-bond donors (Lipinski definition) is 1. The molecule has 20 heavy (non-hydrogen) atoms. The van der Waals surface area contributed by atoms with Gasteiger partial charge in [-0.05, 0) is 31.6 Å². The molecule has 1 heterocycles. The zero-order chi connectivity index (χ0) is 14.2. The fraction of sp³-hybridized carbons (Fsp3) is 0.562. The lowest BCUT2D eigenvalue weighted by molar-refractivity contribution is 0.0948. The number of amides is 1. The Morgan fingerprint density at radius 1 is 1.10 bits per heavy atom. The summed E-state index contributed by atoms with van der Waals surface area (Å²) in [6, 6.07) is 9.40. The average molecular weight is 275 g/mol. The number of likely N-dealkylation sites (N-methyl/N-ethyl adjacent to an activating group) is 1. The van der Waals surface area contributed by atoms with Crippen molar-refractivity contribution in [3.63, 3.8) is 0 Å². The van der Waals surface area contributed by atoms with Gasteiger partial charge in [0.05, 0.1) is 0 Å². The van der Waals surface area contributed by atoms with E-state index in [1.54, 1.807) is 0 Å². The van der Waals surface area contributed by atoms with E-state index >= 15 is 0 Å². The molecule has 1 amide bonds. The van der Waals surface area contributed by atoms with Gasteiger partial charge >= 0.3 is 0 Å². The molecule has 0 aromatic heterocycles. The minimum atomic E-state index is 0.0291. The Morgan fingerprint density at radius 2 is 1.75 bits per heavy atom. The molecule has 1 aromatic carbocycles. The molecule has 1 aromatic rings. The van der Waals surface area contributed by atoms with Gasteiger partial charge in [0.2, 0.25) is 0 Å². The quantitative estimate of drug-likeness (QED) is 0.798. The molecule has 0 spiro atoms. The lowest BCUT2D eigenvalue weighted by Crippen LogP contribution is -2.46. The van der Waals surface area contributed by atoms with Gasteiger partial charge in [-0.25, -0.2) is 0 Å². The molecule has 1 aliphatic rings. The van der Waals surface area contributed by atoms with Gasteiger partial charge in [0.15, 0.2) is 0 Å². The summed E-state index contributed by atoms with van der Waals surface area (Å²) in [7, 11) is 0. The second-order valence-corrected chi connectivity index (χ2v) is 5.25. The van der Waals surface area contributed by atoms with Crippen molar-refractivity contribution in [1.82, 2.24) is 15.1 Å². The molecule has 0 bridgehead atoms. The number of benzene rings is 1. The monoisotopic (exact) mass is 275 g/mol. The predicted molar refractivity (Wildman–Crippen MR) is 81.9 cm³/mol. The summed E-state index contributed by atoms with van der Waals surface area (Å²) in [5.74, 6) is 0.0291. The van der Waals surface area contributed by atoms with Crippen LogP contribution in [0, 0.1) is 0 Å². The van der Waals surface area contributed by atoms with E-state index in [4.69, 9.17) is 0 Å². The van der Waals surface area contributed by atoms with Crippen molar-refractivity contribution in [3.8, 4) is 0 Å². The van der Waals surface area contributed by atoms with Crippen molar-refractivity contribution in [2.24, 2.45) is 0 Å². The standard InChI is InChI=1S/C16H25N3O/c1-2-18-11-13-19(14-12-18)10-6-9-17-16(20)15-7-4-3-5-8-15/h3-5,7-8H,2,6,9-14H2,1H3,(H,17,20). The Bertz CT molecular complexity index is 399. The summed E-state index contributed by atoms with van der Waals surface area (Å²) in [5.41, 5.74) is 0.740. The maximum atomic E-state index is 11.8. The van der Waals surface area contributed by atoms with Gasteiger partial charge in [0.1, 0.15) is 0 Å². The van der Waals surface area contributed by atoms with Gasteiger partial charge in [-0.15, -0.1) is 0 Å². The highest BCUT2D eigenvalue weighted by molar-refractivity contribution is 5.94. The highest BCUT2D eigenvalue weighted by Gasteiger charge is 2.14. The van der Waals surface area contributed by atoms with Crippen molar-refractivity contribution in [2.75, 3.05) is 45.8 Å². The molecule has 1 N–H and O–H groups in total. The molecule has 2 rings (SSSR count). The molecule has 4 heteroatoms. The summed E-state index contributed by atoms with van der Waals surface area (Å²) >= 11 is 0. The van der Waals surface area contributed by atoms with E-state index in [0.717, 1.165) is 44.7 Å². The van der Waals surface area contributed by atoms with Crippen LogP contribution in [0.25, 0.3) is 0 Å². The Balaban J connectivity index is 1.59. The van der Waals surface area contributed by atoms with Crippen molar-refractivity contribution in [1.29, 1.82) is 0 Å². The zero-order valence-electron chi connectivity index (χ0n) is 12.3. The molecule has 1 aliphatic heterocycles. The average Bonchev–Trinajstić information content (AvgIpc) is 2.53. The van der Waals surface area contributed by atoms with E-state index in [1.807, 2.05) is 30.3 Å². The number of piperazine rings is 1. The number of hydrogen-bond acceptors (Lipinski definition) is 3. The highest BCUT2D eigenvalue weighted by Crippen LogP contribution is 2.02. The normalized spacial score (nSPS) is 17.1. The lowest BCUT2D eigenvalue weighted by Gasteiger charge is -2.33. The summed E-state index contributed by atoms with van der Waals surface area (Å²) in [6.07, 6.45) is 1.02. The van der Waals surface area contributed by atoms with Gasteiger partial charge in [0.25, 0.3) is 5.91 Å². The van der Waals surface area contributed by atoms with Gasteiger partial charge in [-0.2, -0.15) is 0 Å². The first-order valence-electron chi connectivity index (χ1n) is 7.57. The van der Waals surface area contributed by atoms with E-state index in [2.05, 4.69) is 22.0 Å². The maximum absolute atomic E-state index is 11.8. The van der Waals surface area contributed by atoms with Crippen LogP contribution in [-0.4, -0.2) is 61.5 Å². The Morgan fingerprint density at radius 3 is 2.40 bits per heavy atom. The fourth-order valence-electron chi connectivity index (χ4n) is 2.53. The summed E-state index contributed by atoms with van der Waals surface area (Å²) in [5, 5.41) is 2.98. The molecule has 1 fully saturated rings. The van der Waals surface area contributed by atoms with Crippen molar-refractivity contribution in [3.05, 3.63) is 35.9 Å². The number of rotatable bonds is 6. The van der Waals surface area contributed by atoms with Gasteiger partial charge in [0, 0.05) is 38.3 Å². The maximum Gasteiger partial charge on any atom is 0.251 e. The molecular weight excluding hydrogens is 250 g/mol. The van der Waals surface area contributed by atoms with Crippen LogP contribution in [0.15, 0.2) is 30.3 Å². The number of nitrogens with zero attached hydrogens (tertiary/aromatic N) is 2. The van der Waals surface area contributed by atoms with Gasteiger partial charge in [-0.1, -0.05) is 25.1 Å². The predicted octanol–water partition coefficient (Wildman–Crippen LogP) is 1.44. The van der Waals surface area contributed by atoms with Crippen LogP contribution in [0.3, 0.4) is 0 Å². The van der Waals surface area contributed by atoms with Crippen LogP contribution in [0.4, 0.5) is 0 Å². The molecule has 110 valence electrons. The van der Waals surface area contributed by atoms with Gasteiger partial charge in [-0.3, -0.25) is 4.79 Å². The first-order chi connectivity index (χ1) is 9.79. The zero-order valence-corrected chi connectivity index (χ0v) is 12.3. The summed E-state index contributed by atoms with van der Waals surface area (Å²) in [6.45, 7) is 9.85. The minimum Gasteiger partial charge on any atom is -0.352 e. The van der Waals surface area contributed by atoms with E-state index in [-0.39, 0.29) is 5.91 Å². The molecule has 0 saturated carbocycles. The van der Waals surface area contributed by atoms with E-state index in [9.17, 15) is 4.79 Å². The fourth-order valence-corrected chi connectivity index (χ4v) is 2.53. The van der Waals surface area contributed by atoms with E-state index < -0.39 is 0 Å². The highest BCUT2D eigenvalue weighted by atomic mass is 16.1. The van der Waals surface area contributed by atoms with Crippen LogP contribution < -0.4 is 5.32 Å². The molecule has 0 aliphatic carbocycles. The first-order valence-corrected chi connectivity index (χ1v) is 7.57. The minimum absolute atomic E-state index is 0.0291. The number of carbonyl (C=O) groups is 1. The molecule has 0 unspecified atom stereocenters. The van der Waals surface area contributed by atoms with Crippen LogP contribution in [0.2, 0.25) is 0 Å². The number of nitrogens with one attached hydrogen (secondary N) is 1. The Labute approximate surface area is 121 Å².